The Morgan fingerprint density at radius 3 is 2.68 bits per heavy atom. The molecule has 0 saturated heterocycles. The highest BCUT2D eigenvalue weighted by Gasteiger charge is 2.15. The first-order valence-electron chi connectivity index (χ1n) is 6.10. The van der Waals surface area contributed by atoms with Crippen LogP contribution < -0.4 is 4.74 Å². The van der Waals surface area contributed by atoms with E-state index >= 15 is 0 Å². The van der Waals surface area contributed by atoms with Gasteiger partial charge < -0.3 is 9.47 Å². The summed E-state index contributed by atoms with van der Waals surface area (Å²) in [6.07, 6.45) is 1.54. The molecule has 0 fully saturated rings. The molecule has 2 rings (SSSR count). The van der Waals surface area contributed by atoms with Gasteiger partial charge in [-0.1, -0.05) is 30.3 Å². The fraction of sp³-hybridized carbons (Fsp3) is 0.200. The lowest BCUT2D eigenvalue weighted by molar-refractivity contribution is 0.0461. The second-order valence-corrected chi connectivity index (χ2v) is 3.84. The molecule has 19 heavy (non-hydrogen) atoms. The first-order valence-corrected chi connectivity index (χ1v) is 6.10. The number of benzene rings is 1. The summed E-state index contributed by atoms with van der Waals surface area (Å²) < 4.78 is 10.6. The molecule has 0 aliphatic rings. The van der Waals surface area contributed by atoms with Crippen molar-refractivity contribution in [2.45, 2.75) is 13.5 Å². The Kier molecular flexibility index (Phi) is 4.50. The van der Waals surface area contributed by atoms with Crippen molar-refractivity contribution < 1.29 is 14.3 Å². The molecule has 0 amide bonds. The van der Waals surface area contributed by atoms with Gasteiger partial charge in [-0.05, 0) is 24.6 Å². The first kappa shape index (κ1) is 13.1. The Morgan fingerprint density at radius 1 is 1.16 bits per heavy atom. The smallest absolute Gasteiger partial charge is 0.361 e. The molecule has 0 radical (unpaired) electrons. The Labute approximate surface area is 112 Å². The third-order valence-electron chi connectivity index (χ3n) is 2.48. The molecule has 1 aromatic heterocycles. The SMILES string of the molecule is CCOc1cccnc1C(=O)OCc1ccccc1. The molecule has 4 heteroatoms. The zero-order valence-electron chi connectivity index (χ0n) is 10.7. The van der Waals surface area contributed by atoms with Crippen LogP contribution >= 0.6 is 0 Å². The molecule has 0 unspecified atom stereocenters. The van der Waals surface area contributed by atoms with Crippen LogP contribution in [0.25, 0.3) is 0 Å². The average molecular weight is 257 g/mol. The van der Waals surface area contributed by atoms with Crippen molar-refractivity contribution in [1.29, 1.82) is 0 Å². The highest BCUT2D eigenvalue weighted by Crippen LogP contribution is 2.16. The Hall–Kier alpha value is -2.36. The number of carbonyl (C=O) groups excluding carboxylic acids is 1. The molecule has 0 N–H and O–H groups in total. The van der Waals surface area contributed by atoms with Gasteiger partial charge >= 0.3 is 5.97 Å². The number of ether oxygens (including phenoxy) is 2. The highest BCUT2D eigenvalue weighted by molar-refractivity contribution is 5.90. The van der Waals surface area contributed by atoms with Crippen molar-refractivity contribution in [2.75, 3.05) is 6.61 Å². The number of esters is 1. The number of hydrogen-bond donors (Lipinski definition) is 0. The number of nitrogens with zero attached hydrogens (tertiary/aromatic N) is 1. The summed E-state index contributed by atoms with van der Waals surface area (Å²) in [7, 11) is 0. The van der Waals surface area contributed by atoms with Crippen molar-refractivity contribution in [1.82, 2.24) is 4.98 Å². The van der Waals surface area contributed by atoms with Crippen molar-refractivity contribution in [3.63, 3.8) is 0 Å². The van der Waals surface area contributed by atoms with Gasteiger partial charge in [-0.2, -0.15) is 0 Å². The Morgan fingerprint density at radius 2 is 1.95 bits per heavy atom. The second-order valence-electron chi connectivity index (χ2n) is 3.84. The van der Waals surface area contributed by atoms with Gasteiger partial charge in [0.05, 0.1) is 6.61 Å². The van der Waals surface area contributed by atoms with Crippen LogP contribution in [0.4, 0.5) is 0 Å². The minimum Gasteiger partial charge on any atom is -0.491 e. The van der Waals surface area contributed by atoms with Crippen LogP contribution in [0.1, 0.15) is 23.0 Å². The van der Waals surface area contributed by atoms with Gasteiger partial charge in [0, 0.05) is 6.20 Å². The number of carbonyl (C=O) groups is 1. The van der Waals surface area contributed by atoms with E-state index in [4.69, 9.17) is 9.47 Å². The minimum atomic E-state index is -0.479. The molecule has 1 aromatic carbocycles. The van der Waals surface area contributed by atoms with E-state index in [2.05, 4.69) is 4.98 Å². The van der Waals surface area contributed by atoms with E-state index < -0.39 is 5.97 Å². The van der Waals surface area contributed by atoms with Crippen LogP contribution in [-0.4, -0.2) is 17.6 Å². The lowest BCUT2D eigenvalue weighted by atomic mass is 10.2. The second kappa shape index (κ2) is 6.54. The van der Waals surface area contributed by atoms with Crippen LogP contribution in [0.15, 0.2) is 48.7 Å². The summed E-state index contributed by atoms with van der Waals surface area (Å²) >= 11 is 0. The summed E-state index contributed by atoms with van der Waals surface area (Å²) in [6, 6.07) is 12.9. The first-order chi connectivity index (χ1) is 9.31. The van der Waals surface area contributed by atoms with Crippen LogP contribution in [0.5, 0.6) is 5.75 Å². The average Bonchev–Trinajstić information content (AvgIpc) is 2.47. The molecule has 0 atom stereocenters. The van der Waals surface area contributed by atoms with Crippen LogP contribution in [0.2, 0.25) is 0 Å². The number of aromatic nitrogens is 1. The van der Waals surface area contributed by atoms with E-state index in [1.54, 1.807) is 18.3 Å². The molecule has 0 aliphatic heterocycles. The molecule has 98 valence electrons. The molecule has 0 aliphatic carbocycles. The van der Waals surface area contributed by atoms with Gasteiger partial charge in [-0.3, -0.25) is 0 Å². The van der Waals surface area contributed by atoms with Crippen molar-refractivity contribution in [3.05, 3.63) is 59.9 Å². The molecule has 1 heterocycles. The molecule has 0 spiro atoms. The summed E-state index contributed by atoms with van der Waals surface area (Å²) in [4.78, 5) is 16.0. The van der Waals surface area contributed by atoms with Gasteiger partial charge in [-0.25, -0.2) is 9.78 Å². The van der Waals surface area contributed by atoms with Crippen LogP contribution in [0.3, 0.4) is 0 Å². The maximum atomic E-state index is 11.9. The molecule has 0 bridgehead atoms. The Balaban J connectivity index is 2.04. The van der Waals surface area contributed by atoms with Crippen LogP contribution in [-0.2, 0) is 11.3 Å². The summed E-state index contributed by atoms with van der Waals surface area (Å²) in [5, 5.41) is 0. The molecular formula is C15H15NO3. The largest absolute Gasteiger partial charge is 0.491 e. The molecule has 4 nitrogen and oxygen atoms in total. The Bertz CT molecular complexity index is 540. The fourth-order valence-electron chi connectivity index (χ4n) is 1.61. The zero-order chi connectivity index (χ0) is 13.5. The van der Waals surface area contributed by atoms with E-state index in [-0.39, 0.29) is 12.3 Å². The molecular weight excluding hydrogens is 242 g/mol. The maximum Gasteiger partial charge on any atom is 0.361 e. The number of pyridine rings is 1. The van der Waals surface area contributed by atoms with Crippen molar-refractivity contribution in [2.24, 2.45) is 0 Å². The summed E-state index contributed by atoms with van der Waals surface area (Å²) in [6.45, 7) is 2.55. The van der Waals surface area contributed by atoms with E-state index in [1.165, 1.54) is 0 Å². The van der Waals surface area contributed by atoms with E-state index in [1.807, 2.05) is 37.3 Å². The van der Waals surface area contributed by atoms with Gasteiger partial charge in [0.2, 0.25) is 0 Å². The highest BCUT2D eigenvalue weighted by atomic mass is 16.5. The molecule has 2 aromatic rings. The monoisotopic (exact) mass is 257 g/mol. The number of rotatable bonds is 5. The van der Waals surface area contributed by atoms with E-state index in [9.17, 15) is 4.79 Å². The fourth-order valence-corrected chi connectivity index (χ4v) is 1.61. The standard InChI is InChI=1S/C15H15NO3/c1-2-18-13-9-6-10-16-14(13)15(17)19-11-12-7-4-3-5-8-12/h3-10H,2,11H2,1H3. The van der Waals surface area contributed by atoms with E-state index in [0.717, 1.165) is 5.56 Å². The predicted octanol–water partition coefficient (Wildman–Crippen LogP) is 2.84. The normalized spacial score (nSPS) is 9.95. The van der Waals surface area contributed by atoms with Crippen molar-refractivity contribution in [3.8, 4) is 5.75 Å². The summed E-state index contributed by atoms with van der Waals surface area (Å²) in [5.74, 6) is -0.0315. The van der Waals surface area contributed by atoms with Crippen LogP contribution in [0, 0.1) is 0 Å². The lowest BCUT2D eigenvalue weighted by Gasteiger charge is -2.08. The van der Waals surface area contributed by atoms with E-state index in [0.29, 0.717) is 12.4 Å². The minimum absolute atomic E-state index is 0.209. The van der Waals surface area contributed by atoms with Gasteiger partial charge in [0.1, 0.15) is 6.61 Å². The maximum absolute atomic E-state index is 11.9. The van der Waals surface area contributed by atoms with Gasteiger partial charge in [-0.15, -0.1) is 0 Å². The van der Waals surface area contributed by atoms with Gasteiger partial charge in [0.15, 0.2) is 11.4 Å². The topological polar surface area (TPSA) is 48.4 Å². The summed E-state index contributed by atoms with van der Waals surface area (Å²) in [5.41, 5.74) is 1.14. The van der Waals surface area contributed by atoms with Gasteiger partial charge in [0.25, 0.3) is 0 Å². The zero-order valence-corrected chi connectivity index (χ0v) is 10.7. The molecule has 0 saturated carbocycles. The third-order valence-corrected chi connectivity index (χ3v) is 2.48. The number of hydrogen-bond acceptors (Lipinski definition) is 4. The third kappa shape index (κ3) is 3.55. The quantitative estimate of drug-likeness (QED) is 0.773. The predicted molar refractivity (Wildman–Crippen MR) is 71.0 cm³/mol. The van der Waals surface area contributed by atoms with Crippen molar-refractivity contribution >= 4 is 5.97 Å². The lowest BCUT2D eigenvalue weighted by Crippen LogP contribution is -2.10.